The SMILES string of the molecule is Cc1ccc(F)c(OC(C)C(=O)c2ccc(Br)cc2)c1. The number of halogens is 2. The second-order valence-corrected chi connectivity index (χ2v) is 5.48. The third kappa shape index (κ3) is 3.45. The lowest BCUT2D eigenvalue weighted by Crippen LogP contribution is -2.24. The first-order chi connectivity index (χ1) is 9.47. The van der Waals surface area contributed by atoms with Crippen molar-refractivity contribution in [2.75, 3.05) is 0 Å². The monoisotopic (exact) mass is 336 g/mol. The minimum absolute atomic E-state index is 0.1000. The number of ketones is 1. The van der Waals surface area contributed by atoms with Crippen molar-refractivity contribution in [3.63, 3.8) is 0 Å². The molecule has 0 fully saturated rings. The molecule has 104 valence electrons. The molecule has 0 radical (unpaired) electrons. The number of aryl methyl sites for hydroxylation is 1. The molecule has 2 nitrogen and oxygen atoms in total. The van der Waals surface area contributed by atoms with Crippen LogP contribution in [-0.2, 0) is 0 Å². The third-order valence-electron chi connectivity index (χ3n) is 2.89. The van der Waals surface area contributed by atoms with Crippen molar-refractivity contribution in [1.82, 2.24) is 0 Å². The lowest BCUT2D eigenvalue weighted by molar-refractivity contribution is 0.0812. The Hall–Kier alpha value is -1.68. The molecule has 0 saturated carbocycles. The van der Waals surface area contributed by atoms with E-state index in [0.29, 0.717) is 5.56 Å². The van der Waals surface area contributed by atoms with Gasteiger partial charge in [0.05, 0.1) is 0 Å². The normalized spacial score (nSPS) is 12.0. The number of rotatable bonds is 4. The molecule has 2 aromatic carbocycles. The maximum Gasteiger partial charge on any atom is 0.202 e. The predicted octanol–water partition coefficient (Wildman–Crippen LogP) is 4.55. The lowest BCUT2D eigenvalue weighted by Gasteiger charge is -2.14. The second-order valence-electron chi connectivity index (χ2n) is 4.57. The number of carbonyl (C=O) groups excluding carboxylic acids is 1. The summed E-state index contributed by atoms with van der Waals surface area (Å²) in [5, 5.41) is 0. The third-order valence-corrected chi connectivity index (χ3v) is 3.42. The smallest absolute Gasteiger partial charge is 0.202 e. The zero-order valence-corrected chi connectivity index (χ0v) is 12.8. The van der Waals surface area contributed by atoms with E-state index in [2.05, 4.69) is 15.9 Å². The molecule has 0 spiro atoms. The Kier molecular flexibility index (Phi) is 4.55. The minimum atomic E-state index is -0.743. The van der Waals surface area contributed by atoms with E-state index < -0.39 is 11.9 Å². The molecule has 0 heterocycles. The molecule has 0 aliphatic rings. The van der Waals surface area contributed by atoms with Crippen LogP contribution in [0, 0.1) is 12.7 Å². The van der Waals surface area contributed by atoms with Crippen LogP contribution in [-0.4, -0.2) is 11.9 Å². The standard InChI is InChI=1S/C16H14BrFO2/c1-10-3-8-14(18)15(9-10)20-11(2)16(19)12-4-6-13(17)7-5-12/h3-9,11H,1-2H3. The zero-order valence-electron chi connectivity index (χ0n) is 11.2. The number of hydrogen-bond donors (Lipinski definition) is 0. The number of Topliss-reactive ketones (excluding diaryl/α,β-unsaturated/α-hetero) is 1. The Labute approximate surface area is 125 Å². The van der Waals surface area contributed by atoms with E-state index in [-0.39, 0.29) is 11.5 Å². The van der Waals surface area contributed by atoms with Crippen LogP contribution in [0.25, 0.3) is 0 Å². The van der Waals surface area contributed by atoms with Crippen molar-refractivity contribution in [3.8, 4) is 5.75 Å². The van der Waals surface area contributed by atoms with Gasteiger partial charge in [-0.15, -0.1) is 0 Å². The molecule has 20 heavy (non-hydrogen) atoms. The van der Waals surface area contributed by atoms with Crippen molar-refractivity contribution in [2.45, 2.75) is 20.0 Å². The molecule has 1 unspecified atom stereocenters. The van der Waals surface area contributed by atoms with Gasteiger partial charge in [0.1, 0.15) is 0 Å². The van der Waals surface area contributed by atoms with Crippen molar-refractivity contribution >= 4 is 21.7 Å². The topological polar surface area (TPSA) is 26.3 Å². The summed E-state index contributed by atoms with van der Waals surface area (Å²) in [6, 6.07) is 11.6. The molecule has 4 heteroatoms. The van der Waals surface area contributed by atoms with Gasteiger partial charge < -0.3 is 4.74 Å². The highest BCUT2D eigenvalue weighted by Crippen LogP contribution is 2.21. The van der Waals surface area contributed by atoms with Crippen LogP contribution in [0.4, 0.5) is 4.39 Å². The highest BCUT2D eigenvalue weighted by Gasteiger charge is 2.18. The Morgan fingerprint density at radius 1 is 1.20 bits per heavy atom. The van der Waals surface area contributed by atoms with E-state index in [1.807, 2.05) is 6.92 Å². The molecular weight excluding hydrogens is 323 g/mol. The van der Waals surface area contributed by atoms with Gasteiger partial charge in [0.15, 0.2) is 17.7 Å². The summed E-state index contributed by atoms with van der Waals surface area (Å²) in [4.78, 5) is 12.2. The van der Waals surface area contributed by atoms with Crippen LogP contribution in [0.15, 0.2) is 46.9 Å². The molecule has 2 rings (SSSR count). The van der Waals surface area contributed by atoms with E-state index >= 15 is 0 Å². The first-order valence-electron chi connectivity index (χ1n) is 6.20. The molecule has 0 aromatic heterocycles. The average molecular weight is 337 g/mol. The first-order valence-corrected chi connectivity index (χ1v) is 6.99. The minimum Gasteiger partial charge on any atom is -0.479 e. The molecule has 2 aromatic rings. The van der Waals surface area contributed by atoms with Gasteiger partial charge >= 0.3 is 0 Å². The number of carbonyl (C=O) groups is 1. The molecular formula is C16H14BrFO2. The molecule has 0 amide bonds. The van der Waals surface area contributed by atoms with Gasteiger partial charge in [0.25, 0.3) is 0 Å². The van der Waals surface area contributed by atoms with Crippen LogP contribution in [0.1, 0.15) is 22.8 Å². The molecule has 0 aliphatic carbocycles. The maximum atomic E-state index is 13.6. The van der Waals surface area contributed by atoms with Crippen LogP contribution >= 0.6 is 15.9 Å². The van der Waals surface area contributed by atoms with Crippen molar-refractivity contribution < 1.29 is 13.9 Å². The van der Waals surface area contributed by atoms with Crippen molar-refractivity contribution in [3.05, 3.63) is 63.9 Å². The summed E-state index contributed by atoms with van der Waals surface area (Å²) in [6.07, 6.45) is -0.743. The highest BCUT2D eigenvalue weighted by atomic mass is 79.9. The van der Waals surface area contributed by atoms with Gasteiger partial charge in [0.2, 0.25) is 5.78 Å². The summed E-state index contributed by atoms with van der Waals surface area (Å²) in [5.41, 5.74) is 1.42. The summed E-state index contributed by atoms with van der Waals surface area (Å²) < 4.78 is 19.9. The van der Waals surface area contributed by atoms with Gasteiger partial charge in [0, 0.05) is 10.0 Å². The Bertz CT molecular complexity index is 623. The molecule has 0 N–H and O–H groups in total. The number of benzene rings is 2. The largest absolute Gasteiger partial charge is 0.479 e. The van der Waals surface area contributed by atoms with Gasteiger partial charge in [-0.2, -0.15) is 0 Å². The van der Waals surface area contributed by atoms with E-state index in [1.54, 1.807) is 43.3 Å². The zero-order chi connectivity index (χ0) is 14.7. The Morgan fingerprint density at radius 2 is 1.85 bits per heavy atom. The van der Waals surface area contributed by atoms with Crippen LogP contribution in [0.3, 0.4) is 0 Å². The van der Waals surface area contributed by atoms with Gasteiger partial charge in [-0.1, -0.05) is 34.1 Å². The van der Waals surface area contributed by atoms with Gasteiger partial charge in [-0.25, -0.2) is 4.39 Å². The second kappa shape index (κ2) is 6.18. The van der Waals surface area contributed by atoms with Gasteiger partial charge in [-0.3, -0.25) is 4.79 Å². The first kappa shape index (κ1) is 14.7. The summed E-state index contributed by atoms with van der Waals surface area (Å²) in [7, 11) is 0. The van der Waals surface area contributed by atoms with Crippen LogP contribution in [0.2, 0.25) is 0 Å². The molecule has 0 saturated heterocycles. The average Bonchev–Trinajstić information content (AvgIpc) is 2.43. The lowest BCUT2D eigenvalue weighted by atomic mass is 10.1. The summed E-state index contributed by atoms with van der Waals surface area (Å²) in [5.74, 6) is -0.549. The number of ether oxygens (including phenoxy) is 1. The van der Waals surface area contributed by atoms with Crippen LogP contribution < -0.4 is 4.74 Å². The molecule has 1 atom stereocenters. The summed E-state index contributed by atoms with van der Waals surface area (Å²) in [6.45, 7) is 3.46. The summed E-state index contributed by atoms with van der Waals surface area (Å²) >= 11 is 3.31. The van der Waals surface area contributed by atoms with E-state index in [1.165, 1.54) is 6.07 Å². The Balaban J connectivity index is 2.15. The molecule has 0 aliphatic heterocycles. The fourth-order valence-electron chi connectivity index (χ4n) is 1.79. The predicted molar refractivity (Wildman–Crippen MR) is 79.7 cm³/mol. The van der Waals surface area contributed by atoms with E-state index in [0.717, 1.165) is 10.0 Å². The fraction of sp³-hybridized carbons (Fsp3) is 0.188. The van der Waals surface area contributed by atoms with Crippen molar-refractivity contribution in [2.24, 2.45) is 0 Å². The van der Waals surface area contributed by atoms with E-state index in [4.69, 9.17) is 4.74 Å². The van der Waals surface area contributed by atoms with E-state index in [9.17, 15) is 9.18 Å². The van der Waals surface area contributed by atoms with Crippen LogP contribution in [0.5, 0.6) is 5.75 Å². The quantitative estimate of drug-likeness (QED) is 0.766. The van der Waals surface area contributed by atoms with Gasteiger partial charge in [-0.05, 0) is 43.7 Å². The number of hydrogen-bond acceptors (Lipinski definition) is 2. The van der Waals surface area contributed by atoms with Crippen molar-refractivity contribution in [1.29, 1.82) is 0 Å². The Morgan fingerprint density at radius 3 is 2.50 bits per heavy atom. The fourth-order valence-corrected chi connectivity index (χ4v) is 2.06. The highest BCUT2D eigenvalue weighted by molar-refractivity contribution is 9.10. The molecule has 0 bridgehead atoms. The maximum absolute atomic E-state index is 13.6.